The van der Waals surface area contributed by atoms with Gasteiger partial charge < -0.3 is 5.11 Å². The van der Waals surface area contributed by atoms with Crippen LogP contribution in [0.5, 0.6) is 0 Å². The Bertz CT molecular complexity index is 594. The molecule has 0 aromatic heterocycles. The number of carboxylic acid groups (broad SMARTS) is 1. The van der Waals surface area contributed by atoms with Crippen LogP contribution in [0.1, 0.15) is 15.9 Å². The van der Waals surface area contributed by atoms with Gasteiger partial charge in [0.1, 0.15) is 0 Å². The number of carboxylic acids is 1. The lowest BCUT2D eigenvalue weighted by Gasteiger charge is -2.32. The van der Waals surface area contributed by atoms with Crippen molar-refractivity contribution in [3.05, 3.63) is 35.4 Å². The Balaban J connectivity index is 1.96. The first-order valence-electron chi connectivity index (χ1n) is 6.13. The maximum absolute atomic E-state index is 11.0. The van der Waals surface area contributed by atoms with Gasteiger partial charge in [0.05, 0.1) is 5.56 Å². The first-order chi connectivity index (χ1) is 9.36. The first-order valence-corrected chi connectivity index (χ1v) is 7.53. The second-order valence-electron chi connectivity index (χ2n) is 4.66. The van der Waals surface area contributed by atoms with Crippen molar-refractivity contribution in [1.82, 2.24) is 9.21 Å². The SMILES string of the molecule is O=C(O)c1cccc(CN2CCN(S(=O)(=O)O)CC2)c1. The molecule has 0 amide bonds. The van der Waals surface area contributed by atoms with Crippen molar-refractivity contribution in [3.63, 3.8) is 0 Å². The maximum atomic E-state index is 11.0. The van der Waals surface area contributed by atoms with E-state index in [1.807, 2.05) is 11.0 Å². The third-order valence-corrected chi connectivity index (χ3v) is 4.26. The van der Waals surface area contributed by atoms with Gasteiger partial charge in [0.2, 0.25) is 0 Å². The van der Waals surface area contributed by atoms with Gasteiger partial charge in [-0.15, -0.1) is 0 Å². The molecule has 2 rings (SSSR count). The zero-order chi connectivity index (χ0) is 14.8. The van der Waals surface area contributed by atoms with Gasteiger partial charge in [0.15, 0.2) is 0 Å². The van der Waals surface area contributed by atoms with Gasteiger partial charge in [-0.2, -0.15) is 12.7 Å². The summed E-state index contributed by atoms with van der Waals surface area (Å²) >= 11 is 0. The molecule has 1 heterocycles. The molecule has 0 spiro atoms. The molecule has 0 atom stereocenters. The third kappa shape index (κ3) is 3.76. The van der Waals surface area contributed by atoms with Crippen molar-refractivity contribution in [2.75, 3.05) is 26.2 Å². The van der Waals surface area contributed by atoms with E-state index < -0.39 is 16.3 Å². The summed E-state index contributed by atoms with van der Waals surface area (Å²) < 4.78 is 31.9. The van der Waals surface area contributed by atoms with Crippen LogP contribution in [0.25, 0.3) is 0 Å². The number of carbonyl (C=O) groups is 1. The zero-order valence-corrected chi connectivity index (χ0v) is 11.6. The molecule has 0 aliphatic carbocycles. The van der Waals surface area contributed by atoms with Crippen LogP contribution in [0.3, 0.4) is 0 Å². The molecule has 2 N–H and O–H groups in total. The Morgan fingerprint density at radius 1 is 1.20 bits per heavy atom. The Hall–Kier alpha value is -1.48. The number of rotatable bonds is 4. The average molecular weight is 300 g/mol. The molecule has 1 fully saturated rings. The van der Waals surface area contributed by atoms with Crippen LogP contribution in [-0.2, 0) is 16.8 Å². The highest BCUT2D eigenvalue weighted by molar-refractivity contribution is 7.83. The van der Waals surface area contributed by atoms with E-state index in [1.165, 1.54) is 6.07 Å². The van der Waals surface area contributed by atoms with Crippen LogP contribution < -0.4 is 0 Å². The van der Waals surface area contributed by atoms with Crippen LogP contribution in [0, 0.1) is 0 Å². The summed E-state index contributed by atoms with van der Waals surface area (Å²) in [7, 11) is -4.11. The van der Waals surface area contributed by atoms with Crippen LogP contribution >= 0.6 is 0 Å². The number of hydrogen-bond donors (Lipinski definition) is 2. The fourth-order valence-corrected chi connectivity index (χ4v) is 2.80. The molecule has 0 unspecified atom stereocenters. The fourth-order valence-electron chi connectivity index (χ4n) is 2.18. The van der Waals surface area contributed by atoms with E-state index in [4.69, 9.17) is 9.66 Å². The van der Waals surface area contributed by atoms with Gasteiger partial charge in [-0.25, -0.2) is 4.79 Å². The van der Waals surface area contributed by atoms with Gasteiger partial charge in [-0.3, -0.25) is 9.45 Å². The first kappa shape index (κ1) is 14.9. The standard InChI is InChI=1S/C12H16N2O5S/c15-12(16)11-3-1-2-10(8-11)9-13-4-6-14(7-5-13)20(17,18)19/h1-3,8H,4-7,9H2,(H,15,16)(H,17,18,19). The molecule has 20 heavy (non-hydrogen) atoms. The lowest BCUT2D eigenvalue weighted by Crippen LogP contribution is -2.47. The smallest absolute Gasteiger partial charge is 0.335 e. The largest absolute Gasteiger partial charge is 0.478 e. The number of piperazine rings is 1. The number of hydrogen-bond acceptors (Lipinski definition) is 4. The second kappa shape index (κ2) is 5.88. The highest BCUT2D eigenvalue weighted by Gasteiger charge is 2.24. The topological polar surface area (TPSA) is 98.2 Å². The Morgan fingerprint density at radius 2 is 1.85 bits per heavy atom. The summed E-state index contributed by atoms with van der Waals surface area (Å²) in [5.74, 6) is -0.969. The minimum Gasteiger partial charge on any atom is -0.478 e. The van der Waals surface area contributed by atoms with Crippen LogP contribution in [0.2, 0.25) is 0 Å². The van der Waals surface area contributed by atoms with Crippen molar-refractivity contribution in [2.45, 2.75) is 6.54 Å². The van der Waals surface area contributed by atoms with Crippen molar-refractivity contribution in [2.24, 2.45) is 0 Å². The third-order valence-electron chi connectivity index (χ3n) is 3.24. The summed E-state index contributed by atoms with van der Waals surface area (Å²) in [5, 5.41) is 8.92. The van der Waals surface area contributed by atoms with E-state index in [9.17, 15) is 13.2 Å². The minimum atomic E-state index is -4.11. The highest BCUT2D eigenvalue weighted by Crippen LogP contribution is 2.12. The van der Waals surface area contributed by atoms with Crippen molar-refractivity contribution < 1.29 is 22.9 Å². The predicted octanol–water partition coefficient (Wildman–Crippen LogP) is 0.305. The molecule has 0 radical (unpaired) electrons. The molecular formula is C12H16N2O5S. The Labute approximate surface area is 117 Å². The van der Waals surface area contributed by atoms with E-state index in [2.05, 4.69) is 0 Å². The van der Waals surface area contributed by atoms with Gasteiger partial charge in [0.25, 0.3) is 0 Å². The van der Waals surface area contributed by atoms with Crippen LogP contribution in [0.15, 0.2) is 24.3 Å². The summed E-state index contributed by atoms with van der Waals surface area (Å²) in [6, 6.07) is 6.66. The molecule has 1 saturated heterocycles. The molecule has 110 valence electrons. The lowest BCUT2D eigenvalue weighted by molar-refractivity contribution is 0.0696. The fraction of sp³-hybridized carbons (Fsp3) is 0.417. The van der Waals surface area contributed by atoms with Crippen LogP contribution in [-0.4, -0.2) is 59.4 Å². The lowest BCUT2D eigenvalue weighted by atomic mass is 10.1. The maximum Gasteiger partial charge on any atom is 0.335 e. The van der Waals surface area contributed by atoms with E-state index >= 15 is 0 Å². The zero-order valence-electron chi connectivity index (χ0n) is 10.8. The summed E-state index contributed by atoms with van der Waals surface area (Å²) in [4.78, 5) is 12.9. The number of benzene rings is 1. The molecule has 1 aromatic rings. The molecule has 1 aliphatic heterocycles. The minimum absolute atomic E-state index is 0.234. The van der Waals surface area contributed by atoms with E-state index in [1.54, 1.807) is 12.1 Å². The molecule has 8 heteroatoms. The normalized spacial score (nSPS) is 18.1. The monoisotopic (exact) mass is 300 g/mol. The van der Waals surface area contributed by atoms with Gasteiger partial charge in [-0.1, -0.05) is 12.1 Å². The molecule has 0 bridgehead atoms. The molecular weight excluding hydrogens is 284 g/mol. The Morgan fingerprint density at radius 3 is 2.40 bits per heavy atom. The van der Waals surface area contributed by atoms with Gasteiger partial charge >= 0.3 is 16.3 Å². The summed E-state index contributed by atoms with van der Waals surface area (Å²) in [5.41, 5.74) is 1.10. The van der Waals surface area contributed by atoms with Gasteiger partial charge in [-0.05, 0) is 17.7 Å². The van der Waals surface area contributed by atoms with E-state index in [0.717, 1.165) is 9.87 Å². The molecule has 1 aliphatic rings. The Kier molecular flexibility index (Phi) is 4.39. The van der Waals surface area contributed by atoms with E-state index in [-0.39, 0.29) is 18.7 Å². The van der Waals surface area contributed by atoms with Crippen LogP contribution in [0.4, 0.5) is 0 Å². The highest BCUT2D eigenvalue weighted by atomic mass is 32.2. The van der Waals surface area contributed by atoms with Gasteiger partial charge in [0, 0.05) is 32.7 Å². The average Bonchev–Trinajstić information content (AvgIpc) is 2.38. The summed E-state index contributed by atoms with van der Waals surface area (Å²) in [6.07, 6.45) is 0. The molecule has 7 nitrogen and oxygen atoms in total. The van der Waals surface area contributed by atoms with Crippen molar-refractivity contribution in [1.29, 1.82) is 0 Å². The van der Waals surface area contributed by atoms with E-state index in [0.29, 0.717) is 19.6 Å². The predicted molar refractivity (Wildman–Crippen MR) is 71.8 cm³/mol. The number of nitrogens with zero attached hydrogens (tertiary/aromatic N) is 2. The molecule has 0 saturated carbocycles. The second-order valence-corrected chi connectivity index (χ2v) is 6.07. The van der Waals surface area contributed by atoms with Crippen molar-refractivity contribution >= 4 is 16.3 Å². The quantitative estimate of drug-likeness (QED) is 0.776. The number of aromatic carboxylic acids is 1. The summed E-state index contributed by atoms with van der Waals surface area (Å²) in [6.45, 7) is 2.02. The molecule has 1 aromatic carbocycles. The van der Waals surface area contributed by atoms with Crippen molar-refractivity contribution in [3.8, 4) is 0 Å².